The molecule has 3 rings (SSSR count). The Bertz CT molecular complexity index is 785. The van der Waals surface area contributed by atoms with Crippen molar-refractivity contribution in [3.05, 3.63) is 29.7 Å². The third kappa shape index (κ3) is 5.01. The fourth-order valence-corrected chi connectivity index (χ4v) is 4.07. The molecule has 0 aliphatic carbocycles. The lowest BCUT2D eigenvalue weighted by Crippen LogP contribution is -2.42. The van der Waals surface area contributed by atoms with Crippen LogP contribution in [0.5, 0.6) is 0 Å². The molecule has 1 fully saturated rings. The molecule has 0 radical (unpaired) electrons. The van der Waals surface area contributed by atoms with Crippen LogP contribution in [-0.4, -0.2) is 49.5 Å². The molecule has 28 heavy (non-hydrogen) atoms. The molecular weight excluding hydrogens is 352 g/mol. The SMILES string of the molecule is Cc1cc(C)n(C[C@@H](C)N2CCC(n3nccc3NC(=O)CC(C)C)CC2)n1. The van der Waals surface area contributed by atoms with Gasteiger partial charge in [-0.05, 0) is 45.6 Å². The van der Waals surface area contributed by atoms with E-state index in [0.29, 0.717) is 24.4 Å². The number of piperidine rings is 1. The Morgan fingerprint density at radius 3 is 2.57 bits per heavy atom. The zero-order chi connectivity index (χ0) is 20.3. The maximum absolute atomic E-state index is 12.1. The second kappa shape index (κ2) is 8.90. The van der Waals surface area contributed by atoms with Crippen molar-refractivity contribution in [3.63, 3.8) is 0 Å². The zero-order valence-electron chi connectivity index (χ0n) is 17.9. The summed E-state index contributed by atoms with van der Waals surface area (Å²) in [4.78, 5) is 14.7. The topological polar surface area (TPSA) is 68.0 Å². The Morgan fingerprint density at radius 1 is 1.25 bits per heavy atom. The normalized spacial score (nSPS) is 17.2. The van der Waals surface area contributed by atoms with Crippen molar-refractivity contribution in [2.24, 2.45) is 5.92 Å². The summed E-state index contributed by atoms with van der Waals surface area (Å²) < 4.78 is 4.11. The monoisotopic (exact) mass is 386 g/mol. The van der Waals surface area contributed by atoms with Gasteiger partial charge in [-0.2, -0.15) is 10.2 Å². The summed E-state index contributed by atoms with van der Waals surface area (Å²) in [5, 5.41) is 12.1. The highest BCUT2D eigenvalue weighted by Gasteiger charge is 2.26. The van der Waals surface area contributed by atoms with Crippen LogP contribution in [0, 0.1) is 19.8 Å². The van der Waals surface area contributed by atoms with Crippen LogP contribution in [-0.2, 0) is 11.3 Å². The summed E-state index contributed by atoms with van der Waals surface area (Å²) in [5.41, 5.74) is 2.30. The number of hydrogen-bond acceptors (Lipinski definition) is 4. The third-order valence-electron chi connectivity index (χ3n) is 5.54. The number of carbonyl (C=O) groups excluding carboxylic acids is 1. The van der Waals surface area contributed by atoms with Gasteiger partial charge in [0, 0.05) is 37.3 Å². The predicted octanol–water partition coefficient (Wildman–Crippen LogP) is 3.41. The number of aromatic nitrogens is 4. The van der Waals surface area contributed by atoms with Crippen LogP contribution in [0.2, 0.25) is 0 Å². The summed E-state index contributed by atoms with van der Waals surface area (Å²) in [7, 11) is 0. The van der Waals surface area contributed by atoms with Crippen molar-refractivity contribution in [2.45, 2.75) is 72.5 Å². The second-order valence-electron chi connectivity index (χ2n) is 8.53. The van der Waals surface area contributed by atoms with Gasteiger partial charge in [0.05, 0.1) is 24.5 Å². The number of likely N-dealkylation sites (tertiary alicyclic amines) is 1. The number of carbonyl (C=O) groups is 1. The Kier molecular flexibility index (Phi) is 6.54. The average Bonchev–Trinajstić information content (AvgIpc) is 3.20. The first kappa shape index (κ1) is 20.6. The number of rotatable bonds is 7. The van der Waals surface area contributed by atoms with Crippen LogP contribution in [0.15, 0.2) is 18.3 Å². The van der Waals surface area contributed by atoms with Gasteiger partial charge in [0.2, 0.25) is 5.91 Å². The average molecular weight is 387 g/mol. The first-order chi connectivity index (χ1) is 13.3. The van der Waals surface area contributed by atoms with E-state index in [-0.39, 0.29) is 5.91 Å². The van der Waals surface area contributed by atoms with Crippen LogP contribution in [0.3, 0.4) is 0 Å². The zero-order valence-corrected chi connectivity index (χ0v) is 17.9. The minimum Gasteiger partial charge on any atom is -0.311 e. The van der Waals surface area contributed by atoms with E-state index in [1.165, 1.54) is 5.69 Å². The molecule has 1 amide bonds. The fourth-order valence-electron chi connectivity index (χ4n) is 4.07. The van der Waals surface area contributed by atoms with E-state index in [4.69, 9.17) is 0 Å². The summed E-state index contributed by atoms with van der Waals surface area (Å²) in [5.74, 6) is 1.23. The summed E-state index contributed by atoms with van der Waals surface area (Å²) in [6.07, 6.45) is 4.39. The van der Waals surface area contributed by atoms with E-state index in [2.05, 4.69) is 58.9 Å². The van der Waals surface area contributed by atoms with Crippen LogP contribution >= 0.6 is 0 Å². The van der Waals surface area contributed by atoms with Crippen molar-refractivity contribution in [3.8, 4) is 0 Å². The molecule has 0 saturated carbocycles. The molecule has 7 heteroatoms. The smallest absolute Gasteiger partial charge is 0.225 e. The Morgan fingerprint density at radius 2 is 1.96 bits per heavy atom. The van der Waals surface area contributed by atoms with Crippen molar-refractivity contribution in [2.75, 3.05) is 18.4 Å². The van der Waals surface area contributed by atoms with Gasteiger partial charge in [-0.25, -0.2) is 4.68 Å². The molecule has 1 atom stereocenters. The van der Waals surface area contributed by atoms with Crippen LogP contribution < -0.4 is 5.32 Å². The van der Waals surface area contributed by atoms with Crippen molar-refractivity contribution in [1.82, 2.24) is 24.5 Å². The minimum atomic E-state index is 0.0627. The number of nitrogens with one attached hydrogen (secondary N) is 1. The molecule has 2 aromatic heterocycles. The molecule has 7 nitrogen and oxygen atoms in total. The molecule has 1 aliphatic rings. The molecule has 154 valence electrons. The number of amides is 1. The van der Waals surface area contributed by atoms with Crippen LogP contribution in [0.25, 0.3) is 0 Å². The van der Waals surface area contributed by atoms with Gasteiger partial charge in [0.15, 0.2) is 0 Å². The van der Waals surface area contributed by atoms with Gasteiger partial charge in [0.1, 0.15) is 5.82 Å². The lowest BCUT2D eigenvalue weighted by molar-refractivity contribution is -0.116. The quantitative estimate of drug-likeness (QED) is 0.792. The van der Waals surface area contributed by atoms with Gasteiger partial charge in [-0.3, -0.25) is 14.4 Å². The summed E-state index contributed by atoms with van der Waals surface area (Å²) >= 11 is 0. The van der Waals surface area contributed by atoms with Gasteiger partial charge < -0.3 is 5.32 Å². The van der Waals surface area contributed by atoms with Gasteiger partial charge >= 0.3 is 0 Å². The highest BCUT2D eigenvalue weighted by molar-refractivity contribution is 5.89. The molecule has 0 aromatic carbocycles. The maximum Gasteiger partial charge on any atom is 0.225 e. The van der Waals surface area contributed by atoms with Gasteiger partial charge in [0.25, 0.3) is 0 Å². The Balaban J connectivity index is 1.55. The van der Waals surface area contributed by atoms with Crippen LogP contribution in [0.4, 0.5) is 5.82 Å². The highest BCUT2D eigenvalue weighted by Crippen LogP contribution is 2.27. The van der Waals surface area contributed by atoms with Crippen LogP contribution in [0.1, 0.15) is 57.5 Å². The minimum absolute atomic E-state index is 0.0627. The Hall–Kier alpha value is -2.15. The molecule has 1 saturated heterocycles. The lowest BCUT2D eigenvalue weighted by atomic mass is 10.0. The van der Waals surface area contributed by atoms with Gasteiger partial charge in [-0.15, -0.1) is 0 Å². The number of nitrogens with zero attached hydrogens (tertiary/aromatic N) is 5. The second-order valence-corrected chi connectivity index (χ2v) is 8.53. The summed E-state index contributed by atoms with van der Waals surface area (Å²) in [6.45, 7) is 13.5. The first-order valence-corrected chi connectivity index (χ1v) is 10.4. The lowest BCUT2D eigenvalue weighted by Gasteiger charge is -2.36. The van der Waals surface area contributed by atoms with E-state index in [1.54, 1.807) is 6.20 Å². The molecule has 0 unspecified atom stereocenters. The highest BCUT2D eigenvalue weighted by atomic mass is 16.1. The van der Waals surface area contributed by atoms with Crippen molar-refractivity contribution < 1.29 is 4.79 Å². The molecule has 3 heterocycles. The van der Waals surface area contributed by atoms with E-state index in [0.717, 1.165) is 44.0 Å². The molecular formula is C21H34N6O. The number of aryl methyl sites for hydroxylation is 2. The summed E-state index contributed by atoms with van der Waals surface area (Å²) in [6, 6.07) is 4.81. The predicted molar refractivity (Wildman–Crippen MR) is 111 cm³/mol. The molecule has 0 bridgehead atoms. The third-order valence-corrected chi connectivity index (χ3v) is 5.54. The molecule has 2 aromatic rings. The molecule has 1 N–H and O–H groups in total. The van der Waals surface area contributed by atoms with E-state index in [1.807, 2.05) is 17.7 Å². The standard InChI is InChI=1S/C21H34N6O/c1-15(2)12-21(28)23-20-6-9-22-27(20)19-7-10-25(11-8-19)18(5)14-26-17(4)13-16(3)24-26/h6,9,13,15,18-19H,7-8,10-12,14H2,1-5H3,(H,23,28)/t18-/m1/s1. The number of hydrogen-bond donors (Lipinski definition) is 1. The molecule has 1 aliphatic heterocycles. The first-order valence-electron chi connectivity index (χ1n) is 10.4. The fraction of sp³-hybridized carbons (Fsp3) is 0.667. The van der Waals surface area contributed by atoms with Gasteiger partial charge in [-0.1, -0.05) is 13.8 Å². The number of anilines is 1. The Labute approximate surface area is 168 Å². The van der Waals surface area contributed by atoms with Crippen molar-refractivity contribution in [1.29, 1.82) is 0 Å². The van der Waals surface area contributed by atoms with E-state index in [9.17, 15) is 4.79 Å². The van der Waals surface area contributed by atoms with E-state index < -0.39 is 0 Å². The van der Waals surface area contributed by atoms with E-state index >= 15 is 0 Å². The molecule has 0 spiro atoms. The largest absolute Gasteiger partial charge is 0.311 e. The van der Waals surface area contributed by atoms with Crippen molar-refractivity contribution >= 4 is 11.7 Å². The maximum atomic E-state index is 12.1.